The fourth-order valence-electron chi connectivity index (χ4n) is 3.18. The molecule has 0 saturated carbocycles. The molecule has 0 saturated heterocycles. The van der Waals surface area contributed by atoms with Crippen molar-refractivity contribution in [2.24, 2.45) is 0 Å². The molecule has 12 heteroatoms. The van der Waals surface area contributed by atoms with E-state index in [1.807, 2.05) is 6.92 Å². The Labute approximate surface area is 227 Å². The standard InChI is InChI=1S/C26H20Cl2N4O6/c1-15-6-7-19(12-21(15)27)30-24(33)14-38-25-22(28)9-16(10-23(25)37-2)8-17(13-29)26(34)31-18-4-3-5-20(11-18)32(35)36/h3-12H,14H2,1-2H3,(H,30,33)(H,31,34)/b17-8-. The van der Waals surface area contributed by atoms with Gasteiger partial charge < -0.3 is 20.1 Å². The van der Waals surface area contributed by atoms with Crippen LogP contribution in [0.25, 0.3) is 6.08 Å². The first-order chi connectivity index (χ1) is 18.1. The number of nitrogens with zero attached hydrogens (tertiary/aromatic N) is 2. The molecule has 0 radical (unpaired) electrons. The molecule has 3 aromatic carbocycles. The molecule has 0 spiro atoms. The largest absolute Gasteiger partial charge is 0.493 e. The second kappa shape index (κ2) is 12.6. The highest BCUT2D eigenvalue weighted by Crippen LogP contribution is 2.37. The summed E-state index contributed by atoms with van der Waals surface area (Å²) in [6.07, 6.45) is 1.26. The summed E-state index contributed by atoms with van der Waals surface area (Å²) in [6.45, 7) is 1.46. The monoisotopic (exact) mass is 554 g/mol. The molecule has 2 N–H and O–H groups in total. The maximum absolute atomic E-state index is 12.6. The number of amides is 2. The summed E-state index contributed by atoms with van der Waals surface area (Å²) in [7, 11) is 1.36. The number of halogens is 2. The predicted octanol–water partition coefficient (Wildman–Crippen LogP) is 5.78. The second-order valence-corrected chi connectivity index (χ2v) is 8.58. The van der Waals surface area contributed by atoms with Gasteiger partial charge in [-0.1, -0.05) is 35.3 Å². The van der Waals surface area contributed by atoms with E-state index in [4.69, 9.17) is 32.7 Å². The van der Waals surface area contributed by atoms with Gasteiger partial charge in [0.2, 0.25) is 0 Å². The average molecular weight is 555 g/mol. The van der Waals surface area contributed by atoms with Crippen LogP contribution in [0.15, 0.2) is 60.2 Å². The molecule has 0 heterocycles. The third-order valence-electron chi connectivity index (χ3n) is 5.05. The number of aryl methyl sites for hydroxylation is 1. The maximum Gasteiger partial charge on any atom is 0.271 e. The van der Waals surface area contributed by atoms with Crippen LogP contribution < -0.4 is 20.1 Å². The van der Waals surface area contributed by atoms with E-state index >= 15 is 0 Å². The first-order valence-electron chi connectivity index (χ1n) is 10.8. The number of non-ortho nitro benzene ring substituents is 1. The van der Waals surface area contributed by atoms with Crippen LogP contribution in [0.2, 0.25) is 10.0 Å². The molecule has 194 valence electrons. The average Bonchev–Trinajstić information content (AvgIpc) is 2.88. The summed E-state index contributed by atoms with van der Waals surface area (Å²) in [4.78, 5) is 35.3. The second-order valence-electron chi connectivity index (χ2n) is 7.77. The van der Waals surface area contributed by atoms with Gasteiger partial charge in [-0.05, 0) is 54.5 Å². The Kier molecular flexibility index (Phi) is 9.27. The topological polar surface area (TPSA) is 144 Å². The first kappa shape index (κ1) is 28.0. The Morgan fingerprint density at radius 3 is 2.47 bits per heavy atom. The van der Waals surface area contributed by atoms with Crippen LogP contribution >= 0.6 is 23.2 Å². The van der Waals surface area contributed by atoms with E-state index in [0.717, 1.165) is 5.56 Å². The van der Waals surface area contributed by atoms with E-state index in [0.29, 0.717) is 16.3 Å². The minimum Gasteiger partial charge on any atom is -0.493 e. The minimum atomic E-state index is -0.781. The summed E-state index contributed by atoms with van der Waals surface area (Å²) in [5.74, 6) is -0.998. The van der Waals surface area contributed by atoms with Gasteiger partial charge in [-0.3, -0.25) is 19.7 Å². The SMILES string of the molecule is COc1cc(/C=C(/C#N)C(=O)Nc2cccc([N+](=O)[O-])c2)cc(Cl)c1OCC(=O)Nc1ccc(C)c(Cl)c1. The number of nitrogens with one attached hydrogen (secondary N) is 2. The van der Waals surface area contributed by atoms with Crippen molar-refractivity contribution in [3.8, 4) is 17.6 Å². The number of hydrogen-bond acceptors (Lipinski definition) is 7. The third kappa shape index (κ3) is 7.22. The number of carbonyl (C=O) groups excluding carboxylic acids is 2. The number of carbonyl (C=O) groups is 2. The highest BCUT2D eigenvalue weighted by Gasteiger charge is 2.16. The number of nitriles is 1. The van der Waals surface area contributed by atoms with Crippen LogP contribution in [0.5, 0.6) is 11.5 Å². The zero-order valence-electron chi connectivity index (χ0n) is 20.1. The minimum absolute atomic E-state index is 0.0677. The lowest BCUT2D eigenvalue weighted by Gasteiger charge is -2.14. The lowest BCUT2D eigenvalue weighted by Crippen LogP contribution is -2.20. The van der Waals surface area contributed by atoms with Crippen molar-refractivity contribution < 1.29 is 24.0 Å². The number of nitro benzene ring substituents is 1. The van der Waals surface area contributed by atoms with Crippen molar-refractivity contribution in [2.45, 2.75) is 6.92 Å². The van der Waals surface area contributed by atoms with Crippen LogP contribution in [0.3, 0.4) is 0 Å². The van der Waals surface area contributed by atoms with Gasteiger partial charge in [-0.15, -0.1) is 0 Å². The number of ether oxygens (including phenoxy) is 2. The number of rotatable bonds is 9. The Morgan fingerprint density at radius 1 is 1.08 bits per heavy atom. The fraction of sp³-hybridized carbons (Fsp3) is 0.115. The summed E-state index contributed by atoms with van der Waals surface area (Å²) >= 11 is 12.4. The molecule has 0 unspecified atom stereocenters. The fourth-order valence-corrected chi connectivity index (χ4v) is 3.63. The Hall–Kier alpha value is -4.59. The Bertz CT molecular complexity index is 1480. The van der Waals surface area contributed by atoms with Gasteiger partial charge in [0.05, 0.1) is 17.1 Å². The molecule has 0 fully saturated rings. The zero-order valence-corrected chi connectivity index (χ0v) is 21.6. The summed E-state index contributed by atoms with van der Waals surface area (Å²) in [5, 5.41) is 26.1. The molecule has 0 atom stereocenters. The van der Waals surface area contributed by atoms with Crippen LogP contribution in [-0.4, -0.2) is 30.5 Å². The van der Waals surface area contributed by atoms with E-state index in [2.05, 4.69) is 10.6 Å². The molecule has 3 aromatic rings. The van der Waals surface area contributed by atoms with Crippen molar-refractivity contribution in [3.05, 3.63) is 91.5 Å². The molecule has 38 heavy (non-hydrogen) atoms. The third-order valence-corrected chi connectivity index (χ3v) is 5.73. The molecule has 0 aromatic heterocycles. The van der Waals surface area contributed by atoms with E-state index < -0.39 is 16.7 Å². The van der Waals surface area contributed by atoms with Crippen molar-refractivity contribution in [3.63, 3.8) is 0 Å². The molecular weight excluding hydrogens is 535 g/mol. The molecule has 0 aliphatic heterocycles. The van der Waals surface area contributed by atoms with Gasteiger partial charge >= 0.3 is 0 Å². The predicted molar refractivity (Wildman–Crippen MR) is 144 cm³/mol. The highest BCUT2D eigenvalue weighted by atomic mass is 35.5. The highest BCUT2D eigenvalue weighted by molar-refractivity contribution is 6.32. The molecule has 0 aliphatic rings. The molecule has 0 bridgehead atoms. The molecular formula is C26H20Cl2N4O6. The smallest absolute Gasteiger partial charge is 0.271 e. The van der Waals surface area contributed by atoms with Crippen molar-refractivity contribution in [2.75, 3.05) is 24.4 Å². The number of methoxy groups -OCH3 is 1. The van der Waals surface area contributed by atoms with Gasteiger partial charge in [0.1, 0.15) is 11.6 Å². The molecule has 10 nitrogen and oxygen atoms in total. The van der Waals surface area contributed by atoms with Gasteiger partial charge in [0.15, 0.2) is 18.1 Å². The van der Waals surface area contributed by atoms with E-state index in [1.54, 1.807) is 24.3 Å². The Balaban J connectivity index is 1.74. The van der Waals surface area contributed by atoms with Crippen LogP contribution in [0, 0.1) is 28.4 Å². The number of anilines is 2. The molecule has 0 aliphatic carbocycles. The van der Waals surface area contributed by atoms with Gasteiger partial charge in [-0.25, -0.2) is 0 Å². The number of hydrogen-bond donors (Lipinski definition) is 2. The van der Waals surface area contributed by atoms with Crippen molar-refractivity contribution in [1.82, 2.24) is 0 Å². The zero-order chi connectivity index (χ0) is 27.8. The van der Waals surface area contributed by atoms with Gasteiger partial charge in [0, 0.05) is 28.5 Å². The van der Waals surface area contributed by atoms with Crippen LogP contribution in [-0.2, 0) is 9.59 Å². The summed E-state index contributed by atoms with van der Waals surface area (Å²) in [5.41, 5.74) is 1.35. The van der Waals surface area contributed by atoms with E-state index in [9.17, 15) is 25.0 Å². The lowest BCUT2D eigenvalue weighted by atomic mass is 10.1. The van der Waals surface area contributed by atoms with Gasteiger partial charge in [-0.2, -0.15) is 5.26 Å². The quantitative estimate of drug-likeness (QED) is 0.147. The lowest BCUT2D eigenvalue weighted by molar-refractivity contribution is -0.384. The first-order valence-corrected chi connectivity index (χ1v) is 11.6. The Morgan fingerprint density at radius 2 is 1.82 bits per heavy atom. The van der Waals surface area contributed by atoms with E-state index in [-0.39, 0.29) is 40.1 Å². The molecule has 3 rings (SSSR count). The van der Waals surface area contributed by atoms with Crippen LogP contribution in [0.4, 0.5) is 17.1 Å². The van der Waals surface area contributed by atoms with Crippen molar-refractivity contribution >= 4 is 58.2 Å². The normalized spacial score (nSPS) is 10.8. The van der Waals surface area contributed by atoms with Crippen molar-refractivity contribution in [1.29, 1.82) is 5.26 Å². The van der Waals surface area contributed by atoms with E-state index in [1.165, 1.54) is 49.6 Å². The number of nitro groups is 1. The summed E-state index contributed by atoms with van der Waals surface area (Å²) < 4.78 is 10.9. The molecule has 2 amide bonds. The number of benzene rings is 3. The summed E-state index contributed by atoms with van der Waals surface area (Å²) in [6, 6.07) is 15.1. The maximum atomic E-state index is 12.6. The van der Waals surface area contributed by atoms with Crippen LogP contribution in [0.1, 0.15) is 11.1 Å². The van der Waals surface area contributed by atoms with Gasteiger partial charge in [0.25, 0.3) is 17.5 Å².